The number of carbonyl (C=O) groups is 1. The highest BCUT2D eigenvalue weighted by Crippen LogP contribution is 2.26. The minimum Gasteiger partial charge on any atom is -0.451 e. The second kappa shape index (κ2) is 8.92. The number of benzene rings is 3. The largest absolute Gasteiger partial charge is 0.451 e. The molecule has 1 amide bonds. The van der Waals surface area contributed by atoms with Gasteiger partial charge < -0.3 is 9.73 Å². The van der Waals surface area contributed by atoms with Crippen molar-refractivity contribution in [2.75, 3.05) is 5.32 Å². The highest BCUT2D eigenvalue weighted by atomic mass is 16.6. The van der Waals surface area contributed by atoms with E-state index in [1.807, 2.05) is 66.7 Å². The van der Waals surface area contributed by atoms with Gasteiger partial charge in [0.15, 0.2) is 5.76 Å². The molecule has 0 spiro atoms. The van der Waals surface area contributed by atoms with Crippen LogP contribution >= 0.6 is 0 Å². The van der Waals surface area contributed by atoms with Crippen LogP contribution in [0.2, 0.25) is 0 Å². The molecule has 3 aromatic carbocycles. The maximum Gasteiger partial charge on any atom is 0.291 e. The smallest absolute Gasteiger partial charge is 0.291 e. The number of amides is 1. The molecule has 1 heterocycles. The molecular weight excluding hydrogens is 392 g/mol. The molecule has 0 unspecified atom stereocenters. The number of carbonyl (C=O) groups excluding carboxylic acids is 1. The van der Waals surface area contributed by atoms with E-state index in [2.05, 4.69) is 5.32 Å². The fraction of sp³-hybridized carbons (Fsp3) is 0. The van der Waals surface area contributed by atoms with Crippen molar-refractivity contribution in [3.05, 3.63) is 118 Å². The summed E-state index contributed by atoms with van der Waals surface area (Å²) >= 11 is 0. The van der Waals surface area contributed by atoms with Crippen LogP contribution in [0.1, 0.15) is 21.7 Å². The van der Waals surface area contributed by atoms with E-state index in [9.17, 15) is 14.9 Å². The van der Waals surface area contributed by atoms with Gasteiger partial charge in [-0.25, -0.2) is 0 Å². The molecule has 152 valence electrons. The third-order valence-corrected chi connectivity index (χ3v) is 4.61. The quantitative estimate of drug-likeness (QED) is 0.230. The number of nitro groups is 1. The van der Waals surface area contributed by atoms with Crippen molar-refractivity contribution in [3.8, 4) is 11.3 Å². The van der Waals surface area contributed by atoms with Crippen molar-refractivity contribution in [2.45, 2.75) is 0 Å². The molecule has 0 saturated carbocycles. The molecule has 1 aromatic heterocycles. The number of non-ortho nitro benzene ring substituents is 1. The lowest BCUT2D eigenvalue weighted by Crippen LogP contribution is -2.10. The molecule has 4 rings (SSSR count). The Morgan fingerprint density at radius 1 is 0.839 bits per heavy atom. The molecule has 0 saturated heterocycles. The maximum absolute atomic E-state index is 12.5. The van der Waals surface area contributed by atoms with Crippen molar-refractivity contribution in [1.29, 1.82) is 0 Å². The Morgan fingerprint density at radius 3 is 2.26 bits per heavy atom. The zero-order valence-electron chi connectivity index (χ0n) is 16.4. The van der Waals surface area contributed by atoms with Crippen LogP contribution in [-0.2, 0) is 0 Å². The predicted octanol–water partition coefficient (Wildman–Crippen LogP) is 6.28. The Labute approximate surface area is 178 Å². The second-order valence-corrected chi connectivity index (χ2v) is 6.79. The first-order chi connectivity index (χ1) is 15.1. The zero-order valence-corrected chi connectivity index (χ0v) is 16.4. The molecule has 0 atom stereocenters. The zero-order chi connectivity index (χ0) is 21.6. The summed E-state index contributed by atoms with van der Waals surface area (Å²) in [7, 11) is 0. The molecule has 0 bridgehead atoms. The summed E-state index contributed by atoms with van der Waals surface area (Å²) in [4.78, 5) is 23.0. The molecular formula is C25H18N2O4. The van der Waals surface area contributed by atoms with Gasteiger partial charge in [-0.2, -0.15) is 0 Å². The van der Waals surface area contributed by atoms with Gasteiger partial charge in [0.2, 0.25) is 0 Å². The van der Waals surface area contributed by atoms with Crippen LogP contribution in [0.15, 0.2) is 95.4 Å². The predicted molar refractivity (Wildman–Crippen MR) is 121 cm³/mol. The molecule has 6 nitrogen and oxygen atoms in total. The van der Waals surface area contributed by atoms with E-state index in [0.717, 1.165) is 11.1 Å². The normalized spacial score (nSPS) is 10.8. The number of furan rings is 1. The van der Waals surface area contributed by atoms with Gasteiger partial charge >= 0.3 is 0 Å². The summed E-state index contributed by atoms with van der Waals surface area (Å²) in [6.45, 7) is 0. The van der Waals surface area contributed by atoms with Crippen LogP contribution in [0.3, 0.4) is 0 Å². The van der Waals surface area contributed by atoms with Crippen molar-refractivity contribution in [1.82, 2.24) is 0 Å². The number of hydrogen-bond donors (Lipinski definition) is 1. The average Bonchev–Trinajstić information content (AvgIpc) is 3.30. The molecule has 0 aliphatic rings. The average molecular weight is 410 g/mol. The van der Waals surface area contributed by atoms with E-state index < -0.39 is 10.8 Å². The monoisotopic (exact) mass is 410 g/mol. The lowest BCUT2D eigenvalue weighted by atomic mass is 10.1. The van der Waals surface area contributed by atoms with Gasteiger partial charge in [0, 0.05) is 23.4 Å². The van der Waals surface area contributed by atoms with Crippen LogP contribution in [0, 0.1) is 10.1 Å². The SMILES string of the molecule is O=C(Nc1ccc(C=Cc2ccccc2)cc1)c1ccc(-c2cccc([N+](=O)[O-])c2)o1. The van der Waals surface area contributed by atoms with E-state index in [1.54, 1.807) is 24.3 Å². The molecule has 31 heavy (non-hydrogen) atoms. The highest BCUT2D eigenvalue weighted by Gasteiger charge is 2.14. The number of nitrogens with one attached hydrogen (secondary N) is 1. The molecule has 4 aromatic rings. The third-order valence-electron chi connectivity index (χ3n) is 4.61. The number of nitro benzene ring substituents is 1. The molecule has 0 radical (unpaired) electrons. The molecule has 0 aliphatic carbocycles. The van der Waals surface area contributed by atoms with Gasteiger partial charge in [0.25, 0.3) is 11.6 Å². The van der Waals surface area contributed by atoms with Crippen LogP contribution in [-0.4, -0.2) is 10.8 Å². The standard InChI is InChI=1S/C25H18N2O4/c28-25(24-16-15-23(31-24)20-7-4-8-22(17-20)27(29)30)26-21-13-11-19(12-14-21)10-9-18-5-2-1-3-6-18/h1-17H,(H,26,28). The van der Waals surface area contributed by atoms with Crippen molar-refractivity contribution < 1.29 is 14.1 Å². The summed E-state index contributed by atoms with van der Waals surface area (Å²) in [6.07, 6.45) is 4.02. The van der Waals surface area contributed by atoms with Crippen LogP contribution in [0.25, 0.3) is 23.5 Å². The Hall–Kier alpha value is -4.45. The van der Waals surface area contributed by atoms with E-state index in [1.165, 1.54) is 12.1 Å². The first-order valence-electron chi connectivity index (χ1n) is 9.58. The highest BCUT2D eigenvalue weighted by molar-refractivity contribution is 6.02. The number of hydrogen-bond acceptors (Lipinski definition) is 4. The first kappa shape index (κ1) is 19.8. The van der Waals surface area contributed by atoms with Gasteiger partial charge in [0.1, 0.15) is 5.76 Å². The van der Waals surface area contributed by atoms with Gasteiger partial charge in [0.05, 0.1) is 4.92 Å². The summed E-state index contributed by atoms with van der Waals surface area (Å²) in [5, 5.41) is 13.7. The molecule has 0 fully saturated rings. The number of rotatable bonds is 6. The first-order valence-corrected chi connectivity index (χ1v) is 9.58. The topological polar surface area (TPSA) is 85.4 Å². The van der Waals surface area contributed by atoms with Crippen LogP contribution in [0.5, 0.6) is 0 Å². The lowest BCUT2D eigenvalue weighted by Gasteiger charge is -2.04. The summed E-state index contributed by atoms with van der Waals surface area (Å²) < 4.78 is 5.60. The van der Waals surface area contributed by atoms with Crippen molar-refractivity contribution in [3.63, 3.8) is 0 Å². The van der Waals surface area contributed by atoms with Gasteiger partial charge in [-0.3, -0.25) is 14.9 Å². The third kappa shape index (κ3) is 4.94. The minimum absolute atomic E-state index is 0.0405. The van der Waals surface area contributed by atoms with E-state index in [0.29, 0.717) is 17.0 Å². The van der Waals surface area contributed by atoms with E-state index in [4.69, 9.17) is 4.42 Å². The Bertz CT molecular complexity index is 1240. The number of anilines is 1. The van der Waals surface area contributed by atoms with Gasteiger partial charge in [-0.15, -0.1) is 0 Å². The second-order valence-electron chi connectivity index (χ2n) is 6.79. The summed E-state index contributed by atoms with van der Waals surface area (Å²) in [5.41, 5.74) is 3.24. The lowest BCUT2D eigenvalue weighted by molar-refractivity contribution is -0.384. The fourth-order valence-corrected chi connectivity index (χ4v) is 3.01. The van der Waals surface area contributed by atoms with Gasteiger partial charge in [-0.1, -0.05) is 66.7 Å². The van der Waals surface area contributed by atoms with Gasteiger partial charge in [-0.05, 0) is 35.4 Å². The minimum atomic E-state index is -0.473. The Balaban J connectivity index is 1.42. The maximum atomic E-state index is 12.5. The molecule has 6 heteroatoms. The molecule has 1 N–H and O–H groups in total. The van der Waals surface area contributed by atoms with E-state index in [-0.39, 0.29) is 11.4 Å². The molecule has 0 aliphatic heterocycles. The Morgan fingerprint density at radius 2 is 1.55 bits per heavy atom. The number of nitrogens with zero attached hydrogens (tertiary/aromatic N) is 1. The van der Waals surface area contributed by atoms with E-state index >= 15 is 0 Å². The fourth-order valence-electron chi connectivity index (χ4n) is 3.01. The van der Waals surface area contributed by atoms with Crippen molar-refractivity contribution in [2.24, 2.45) is 0 Å². The van der Waals surface area contributed by atoms with Crippen LogP contribution in [0.4, 0.5) is 11.4 Å². The van der Waals surface area contributed by atoms with Crippen molar-refractivity contribution >= 4 is 29.4 Å². The Kier molecular flexibility index (Phi) is 5.71. The van der Waals surface area contributed by atoms with Crippen LogP contribution < -0.4 is 5.32 Å². The summed E-state index contributed by atoms with van der Waals surface area (Å²) in [5.74, 6) is 0.106. The summed E-state index contributed by atoms with van der Waals surface area (Å²) in [6, 6.07) is 26.7.